The SMILES string of the molecule is CN(C)CC(=O)Nc1cncc(-c2cnc3n[nH]c(-c4cc5c(-c6cc(F)cc(C(N)S(C)(=O)=O)c6)nccc5[nH]4)c3c2)c1. The number of hydrogen-bond donors (Lipinski definition) is 4. The lowest BCUT2D eigenvalue weighted by Crippen LogP contribution is -2.27. The number of likely N-dealkylation sites (N-methyl/N-ethyl adjacent to an activating group) is 1. The summed E-state index contributed by atoms with van der Waals surface area (Å²) in [5.74, 6) is -0.778. The van der Waals surface area contributed by atoms with E-state index in [0.29, 0.717) is 39.4 Å². The highest BCUT2D eigenvalue weighted by molar-refractivity contribution is 7.90. The lowest BCUT2D eigenvalue weighted by Gasteiger charge is -2.12. The first-order valence-electron chi connectivity index (χ1n) is 13.4. The summed E-state index contributed by atoms with van der Waals surface area (Å²) in [6, 6.07) is 11.3. The number of H-pyrrole nitrogens is 2. The van der Waals surface area contributed by atoms with Crippen molar-refractivity contribution in [3.8, 4) is 33.8 Å². The maximum absolute atomic E-state index is 14.6. The Morgan fingerprint density at radius 2 is 1.82 bits per heavy atom. The molecule has 6 rings (SSSR count). The molecular formula is C30H28FN9O3S. The molecule has 0 radical (unpaired) electrons. The Morgan fingerprint density at radius 1 is 1.02 bits per heavy atom. The van der Waals surface area contributed by atoms with Gasteiger partial charge in [0, 0.05) is 57.8 Å². The van der Waals surface area contributed by atoms with Gasteiger partial charge in [-0.3, -0.25) is 19.9 Å². The Bertz CT molecular complexity index is 2160. The van der Waals surface area contributed by atoms with Crippen LogP contribution in [-0.2, 0) is 14.6 Å². The van der Waals surface area contributed by atoms with Gasteiger partial charge in [-0.2, -0.15) is 5.10 Å². The van der Waals surface area contributed by atoms with Gasteiger partial charge < -0.3 is 20.9 Å². The van der Waals surface area contributed by atoms with Crippen molar-refractivity contribution in [3.05, 3.63) is 78.6 Å². The summed E-state index contributed by atoms with van der Waals surface area (Å²) in [6.45, 7) is 0.242. The number of anilines is 1. The molecule has 5 aromatic heterocycles. The molecule has 0 saturated heterocycles. The van der Waals surface area contributed by atoms with E-state index in [4.69, 9.17) is 5.73 Å². The zero-order valence-corrected chi connectivity index (χ0v) is 24.8. The van der Waals surface area contributed by atoms with Gasteiger partial charge in [-0.25, -0.2) is 17.8 Å². The molecule has 44 heavy (non-hydrogen) atoms. The van der Waals surface area contributed by atoms with Crippen LogP contribution < -0.4 is 11.1 Å². The minimum atomic E-state index is -3.65. The lowest BCUT2D eigenvalue weighted by molar-refractivity contribution is -0.116. The number of aromatic nitrogens is 6. The summed E-state index contributed by atoms with van der Waals surface area (Å²) in [4.78, 5) is 30.7. The number of hydrogen-bond acceptors (Lipinski definition) is 9. The van der Waals surface area contributed by atoms with Crippen LogP contribution in [0, 0.1) is 5.82 Å². The molecule has 0 aliphatic heterocycles. The van der Waals surface area contributed by atoms with Gasteiger partial charge in [0.15, 0.2) is 15.5 Å². The number of pyridine rings is 3. The van der Waals surface area contributed by atoms with Crippen molar-refractivity contribution in [2.24, 2.45) is 5.73 Å². The van der Waals surface area contributed by atoms with E-state index in [1.165, 1.54) is 12.1 Å². The highest BCUT2D eigenvalue weighted by Crippen LogP contribution is 2.35. The standard InChI is InChI=1S/C30H28FN9O3S/c1-40(2)15-26(41)36-21-9-18(12-33-14-21)19-10-23-28(38-39-30(23)35-13-19)25-11-22-24(37-25)4-5-34-27(22)16-6-17(8-20(31)7-16)29(32)44(3,42)43/h4-14,29,37H,15,32H2,1-3H3,(H,36,41)(H,35,38,39). The van der Waals surface area contributed by atoms with Gasteiger partial charge in [0.05, 0.1) is 35.5 Å². The molecule has 0 aliphatic rings. The summed E-state index contributed by atoms with van der Waals surface area (Å²) >= 11 is 0. The lowest BCUT2D eigenvalue weighted by atomic mass is 10.0. The van der Waals surface area contributed by atoms with Crippen molar-refractivity contribution in [2.75, 3.05) is 32.2 Å². The number of rotatable bonds is 8. The minimum Gasteiger partial charge on any atom is -0.353 e. The van der Waals surface area contributed by atoms with E-state index in [1.54, 1.807) is 35.8 Å². The summed E-state index contributed by atoms with van der Waals surface area (Å²) in [7, 11) is -0.0195. The second-order valence-electron chi connectivity index (χ2n) is 10.8. The molecule has 224 valence electrons. The quantitative estimate of drug-likeness (QED) is 0.199. The molecule has 12 nitrogen and oxygen atoms in total. The molecule has 1 atom stereocenters. The van der Waals surface area contributed by atoms with Gasteiger partial charge in [0.25, 0.3) is 0 Å². The van der Waals surface area contributed by atoms with Crippen LogP contribution in [0.2, 0.25) is 0 Å². The van der Waals surface area contributed by atoms with E-state index < -0.39 is 21.0 Å². The average molecular weight is 614 g/mol. The fourth-order valence-corrected chi connectivity index (χ4v) is 5.63. The summed E-state index contributed by atoms with van der Waals surface area (Å²) < 4.78 is 38.7. The number of nitrogens with zero attached hydrogens (tertiary/aromatic N) is 5. The van der Waals surface area contributed by atoms with Crippen molar-refractivity contribution in [2.45, 2.75) is 5.37 Å². The number of benzene rings is 1. The molecule has 0 bridgehead atoms. The van der Waals surface area contributed by atoms with Crippen molar-refractivity contribution < 1.29 is 17.6 Å². The average Bonchev–Trinajstić information content (AvgIpc) is 3.59. The van der Waals surface area contributed by atoms with Gasteiger partial charge in [0.1, 0.15) is 11.2 Å². The summed E-state index contributed by atoms with van der Waals surface area (Å²) in [6.07, 6.45) is 7.55. The van der Waals surface area contributed by atoms with Gasteiger partial charge in [-0.1, -0.05) is 0 Å². The van der Waals surface area contributed by atoms with Gasteiger partial charge in [-0.05, 0) is 62.1 Å². The Balaban J connectivity index is 1.39. The largest absolute Gasteiger partial charge is 0.353 e. The normalized spacial score (nSPS) is 12.7. The second-order valence-corrected chi connectivity index (χ2v) is 12.9. The van der Waals surface area contributed by atoms with Crippen LogP contribution in [0.3, 0.4) is 0 Å². The molecule has 1 amide bonds. The number of amides is 1. The predicted molar refractivity (Wildman–Crippen MR) is 167 cm³/mol. The molecule has 0 aliphatic carbocycles. The topological polar surface area (TPSA) is 176 Å². The monoisotopic (exact) mass is 613 g/mol. The third-order valence-electron chi connectivity index (χ3n) is 7.03. The van der Waals surface area contributed by atoms with Gasteiger partial charge in [-0.15, -0.1) is 0 Å². The number of nitrogens with two attached hydrogens (primary N) is 1. The van der Waals surface area contributed by atoms with E-state index >= 15 is 0 Å². The number of fused-ring (bicyclic) bond motifs is 2. The summed E-state index contributed by atoms with van der Waals surface area (Å²) in [5, 5.41) is 10.3. The molecule has 1 aromatic carbocycles. The number of nitrogens with one attached hydrogen (secondary N) is 3. The number of sulfone groups is 1. The first kappa shape index (κ1) is 29.0. The third kappa shape index (κ3) is 5.77. The van der Waals surface area contributed by atoms with E-state index in [9.17, 15) is 17.6 Å². The number of carbonyl (C=O) groups is 1. The first-order chi connectivity index (χ1) is 21.0. The molecular weight excluding hydrogens is 585 g/mol. The predicted octanol–water partition coefficient (Wildman–Crippen LogP) is 3.87. The van der Waals surface area contributed by atoms with E-state index in [0.717, 1.165) is 34.4 Å². The zero-order valence-electron chi connectivity index (χ0n) is 24.0. The fourth-order valence-electron chi connectivity index (χ4n) is 5.00. The molecule has 5 N–H and O–H groups in total. The number of aromatic amines is 2. The minimum absolute atomic E-state index is 0.131. The molecule has 0 saturated carbocycles. The van der Waals surface area contributed by atoms with Gasteiger partial charge >= 0.3 is 0 Å². The Kier molecular flexibility index (Phi) is 7.41. The molecule has 14 heteroatoms. The van der Waals surface area contributed by atoms with Crippen molar-refractivity contribution in [3.63, 3.8) is 0 Å². The highest BCUT2D eigenvalue weighted by Gasteiger charge is 2.21. The molecule has 6 aromatic rings. The van der Waals surface area contributed by atoms with Crippen LogP contribution in [0.1, 0.15) is 10.9 Å². The van der Waals surface area contributed by atoms with Crippen LogP contribution in [0.25, 0.3) is 55.7 Å². The van der Waals surface area contributed by atoms with E-state index in [1.807, 2.05) is 32.3 Å². The van der Waals surface area contributed by atoms with E-state index in [2.05, 4.69) is 35.5 Å². The zero-order chi connectivity index (χ0) is 31.2. The van der Waals surface area contributed by atoms with Gasteiger partial charge in [0.2, 0.25) is 5.91 Å². The fraction of sp³-hybridized carbons (Fsp3) is 0.167. The molecule has 5 heterocycles. The first-order valence-corrected chi connectivity index (χ1v) is 15.4. The van der Waals surface area contributed by atoms with Crippen LogP contribution in [0.4, 0.5) is 10.1 Å². The third-order valence-corrected chi connectivity index (χ3v) is 8.22. The van der Waals surface area contributed by atoms with E-state index in [-0.39, 0.29) is 18.0 Å². The summed E-state index contributed by atoms with van der Waals surface area (Å²) in [5.41, 5.74) is 11.5. The maximum Gasteiger partial charge on any atom is 0.238 e. The smallest absolute Gasteiger partial charge is 0.238 e. The Hall–Kier alpha value is -5.05. The van der Waals surface area contributed by atoms with Crippen LogP contribution in [0.5, 0.6) is 0 Å². The Labute approximate surface area is 251 Å². The number of carbonyl (C=O) groups excluding carboxylic acids is 1. The highest BCUT2D eigenvalue weighted by atomic mass is 32.2. The van der Waals surface area contributed by atoms with Crippen LogP contribution in [0.15, 0.2) is 67.3 Å². The van der Waals surface area contributed by atoms with Crippen LogP contribution >= 0.6 is 0 Å². The molecule has 1 unspecified atom stereocenters. The molecule has 0 fully saturated rings. The van der Waals surface area contributed by atoms with Crippen molar-refractivity contribution >= 4 is 43.4 Å². The maximum atomic E-state index is 14.6. The van der Waals surface area contributed by atoms with Crippen molar-refractivity contribution in [1.82, 2.24) is 35.0 Å². The van der Waals surface area contributed by atoms with Crippen molar-refractivity contribution in [1.29, 1.82) is 0 Å². The second kappa shape index (κ2) is 11.2. The number of halogens is 1. The Morgan fingerprint density at radius 3 is 2.59 bits per heavy atom. The molecule has 0 spiro atoms. The van der Waals surface area contributed by atoms with Crippen LogP contribution in [-0.4, -0.2) is 76.3 Å².